The number of hydrogen-bond donors (Lipinski definition) is 1. The van der Waals surface area contributed by atoms with Gasteiger partial charge < -0.3 is 14.6 Å². The van der Waals surface area contributed by atoms with Gasteiger partial charge in [0.1, 0.15) is 12.1 Å². The number of methoxy groups -OCH3 is 1. The quantitative estimate of drug-likeness (QED) is 0.899. The number of benzene rings is 1. The minimum absolute atomic E-state index is 0.0124. The molecule has 1 aromatic rings. The molecule has 2 saturated carbocycles. The third-order valence-corrected chi connectivity index (χ3v) is 6.09. The zero-order valence-corrected chi connectivity index (χ0v) is 14.5. The van der Waals surface area contributed by atoms with Crippen LogP contribution in [0.25, 0.3) is 0 Å². The second-order valence-corrected chi connectivity index (χ2v) is 7.33. The predicted octanol–water partition coefficient (Wildman–Crippen LogP) is 2.38. The summed E-state index contributed by atoms with van der Waals surface area (Å²) in [6.45, 7) is 2.98. The van der Waals surface area contributed by atoms with E-state index in [0.29, 0.717) is 6.42 Å². The monoisotopic (exact) mass is 328 g/mol. The fraction of sp³-hybridized carbons (Fsp3) is 0.632. The molecule has 1 heterocycles. The van der Waals surface area contributed by atoms with E-state index >= 15 is 0 Å². The third kappa shape index (κ3) is 1.87. The molecule has 0 amide bonds. The molecule has 5 nitrogen and oxygen atoms in total. The topological polar surface area (TPSA) is 65.7 Å². The van der Waals surface area contributed by atoms with Crippen LogP contribution in [0.5, 0.6) is 11.5 Å². The standard InChI is InChI=1S/C19H24N2O3/c1-4-7-21(2)13(10-20)11-5-6-15(23-3)18-17(11)19-9-12(19)14(22)8-16(19)24-18/h5-6,12-14,16,22H,4,7-9H2,1-3H3/t12?,13-,14-,16+,19?/m1/s1. The van der Waals surface area contributed by atoms with Crippen molar-refractivity contribution < 1.29 is 14.6 Å². The number of hydrogen-bond acceptors (Lipinski definition) is 5. The molecule has 0 bridgehead atoms. The highest BCUT2D eigenvalue weighted by molar-refractivity contribution is 5.63. The molecular weight excluding hydrogens is 304 g/mol. The summed E-state index contributed by atoms with van der Waals surface area (Å²) in [5, 5.41) is 20.1. The van der Waals surface area contributed by atoms with Crippen molar-refractivity contribution >= 4 is 0 Å². The van der Waals surface area contributed by atoms with E-state index < -0.39 is 0 Å². The van der Waals surface area contributed by atoms with Gasteiger partial charge in [0.2, 0.25) is 0 Å². The Morgan fingerprint density at radius 2 is 2.33 bits per heavy atom. The number of aliphatic hydroxyl groups excluding tert-OH is 1. The maximum atomic E-state index is 10.3. The van der Waals surface area contributed by atoms with Gasteiger partial charge >= 0.3 is 0 Å². The van der Waals surface area contributed by atoms with Gasteiger partial charge in [-0.25, -0.2) is 0 Å². The van der Waals surface area contributed by atoms with Gasteiger partial charge in [-0.3, -0.25) is 4.90 Å². The molecular formula is C19H24N2O3. The van der Waals surface area contributed by atoms with Crippen LogP contribution in [0.1, 0.15) is 43.4 Å². The first kappa shape index (κ1) is 15.7. The van der Waals surface area contributed by atoms with Gasteiger partial charge in [0.25, 0.3) is 0 Å². The Hall–Kier alpha value is -1.77. The summed E-state index contributed by atoms with van der Waals surface area (Å²) >= 11 is 0. The van der Waals surface area contributed by atoms with E-state index in [1.165, 1.54) is 0 Å². The highest BCUT2D eigenvalue weighted by Gasteiger charge is 2.73. The van der Waals surface area contributed by atoms with Crippen molar-refractivity contribution in [2.24, 2.45) is 5.92 Å². The van der Waals surface area contributed by atoms with Gasteiger partial charge in [0.05, 0.1) is 19.3 Å². The molecule has 0 aromatic heterocycles. The van der Waals surface area contributed by atoms with Gasteiger partial charge in [0.15, 0.2) is 11.5 Å². The van der Waals surface area contributed by atoms with Crippen molar-refractivity contribution in [2.75, 3.05) is 20.7 Å². The molecule has 5 heteroatoms. The summed E-state index contributed by atoms with van der Waals surface area (Å²) in [6.07, 6.45) is 2.33. The lowest BCUT2D eigenvalue weighted by Gasteiger charge is -2.25. The van der Waals surface area contributed by atoms with Crippen molar-refractivity contribution in [3.63, 3.8) is 0 Å². The Kier molecular flexibility index (Phi) is 3.52. The molecule has 1 N–H and O–H groups in total. The molecule has 1 spiro atoms. The normalized spacial score (nSPS) is 33.2. The van der Waals surface area contributed by atoms with Crippen LogP contribution in [0, 0.1) is 17.2 Å². The molecule has 0 radical (unpaired) electrons. The second kappa shape index (κ2) is 5.37. The van der Waals surface area contributed by atoms with E-state index in [2.05, 4.69) is 17.9 Å². The minimum atomic E-state index is -0.305. The fourth-order valence-corrected chi connectivity index (χ4v) is 4.94. The SMILES string of the molecule is CCCN(C)[C@H](C#N)c1ccc(OC)c2c1C13CC1[C@H](O)C[C@@H]3O2. The van der Waals surface area contributed by atoms with Crippen LogP contribution in [-0.4, -0.2) is 42.9 Å². The van der Waals surface area contributed by atoms with E-state index in [1.54, 1.807) is 7.11 Å². The third-order valence-electron chi connectivity index (χ3n) is 6.09. The Balaban J connectivity index is 1.84. The molecule has 1 aliphatic heterocycles. The largest absolute Gasteiger partial charge is 0.493 e. The lowest BCUT2D eigenvalue weighted by Crippen LogP contribution is -2.27. The molecule has 1 aromatic carbocycles. The van der Waals surface area contributed by atoms with Crippen LogP contribution < -0.4 is 9.47 Å². The summed E-state index contributed by atoms with van der Waals surface area (Å²) in [7, 11) is 3.64. The highest BCUT2D eigenvalue weighted by atomic mass is 16.5. The smallest absolute Gasteiger partial charge is 0.165 e. The van der Waals surface area contributed by atoms with Crippen LogP contribution in [0.2, 0.25) is 0 Å². The average molecular weight is 328 g/mol. The molecule has 128 valence electrons. The van der Waals surface area contributed by atoms with Crippen LogP contribution >= 0.6 is 0 Å². The van der Waals surface area contributed by atoms with E-state index in [4.69, 9.17) is 9.47 Å². The van der Waals surface area contributed by atoms with Gasteiger partial charge in [-0.05, 0) is 44.0 Å². The summed E-state index contributed by atoms with van der Waals surface area (Å²) in [4.78, 5) is 2.09. The van der Waals surface area contributed by atoms with Gasteiger partial charge in [-0.1, -0.05) is 13.0 Å². The van der Waals surface area contributed by atoms with Crippen molar-refractivity contribution in [1.29, 1.82) is 5.26 Å². The summed E-state index contributed by atoms with van der Waals surface area (Å²) < 4.78 is 11.7. The number of fused-ring (bicyclic) bond motifs is 1. The number of rotatable bonds is 5. The van der Waals surface area contributed by atoms with Crippen LogP contribution in [0.4, 0.5) is 0 Å². The molecule has 2 unspecified atom stereocenters. The summed E-state index contributed by atoms with van der Waals surface area (Å²) in [6, 6.07) is 6.08. The first-order valence-electron chi connectivity index (χ1n) is 8.74. The van der Waals surface area contributed by atoms with Gasteiger partial charge in [0, 0.05) is 17.4 Å². The lowest BCUT2D eigenvalue weighted by molar-refractivity contribution is 0.122. The van der Waals surface area contributed by atoms with Crippen molar-refractivity contribution in [1.82, 2.24) is 4.90 Å². The first-order chi connectivity index (χ1) is 11.6. The summed E-state index contributed by atoms with van der Waals surface area (Å²) in [5.41, 5.74) is 2.02. The Labute approximate surface area is 142 Å². The van der Waals surface area contributed by atoms with E-state index in [-0.39, 0.29) is 29.6 Å². The van der Waals surface area contributed by atoms with Crippen LogP contribution in [0.3, 0.4) is 0 Å². The highest BCUT2D eigenvalue weighted by Crippen LogP contribution is 2.71. The van der Waals surface area contributed by atoms with Crippen LogP contribution in [-0.2, 0) is 5.41 Å². The molecule has 4 rings (SSSR count). The number of aliphatic hydroxyl groups is 1. The number of nitrogens with zero attached hydrogens (tertiary/aromatic N) is 2. The Morgan fingerprint density at radius 3 is 2.96 bits per heavy atom. The molecule has 3 aliphatic rings. The molecule has 24 heavy (non-hydrogen) atoms. The second-order valence-electron chi connectivity index (χ2n) is 7.33. The fourth-order valence-electron chi connectivity index (χ4n) is 4.94. The Bertz CT molecular complexity index is 713. The van der Waals surface area contributed by atoms with E-state index in [1.807, 2.05) is 19.2 Å². The minimum Gasteiger partial charge on any atom is -0.493 e. The Morgan fingerprint density at radius 1 is 1.54 bits per heavy atom. The summed E-state index contributed by atoms with van der Waals surface area (Å²) in [5.74, 6) is 1.78. The average Bonchev–Trinajstić information content (AvgIpc) is 3.14. The van der Waals surface area contributed by atoms with Crippen molar-refractivity contribution in [2.45, 2.75) is 49.9 Å². The maximum absolute atomic E-state index is 10.3. The molecule has 5 atom stereocenters. The zero-order valence-electron chi connectivity index (χ0n) is 14.5. The van der Waals surface area contributed by atoms with Gasteiger partial charge in [-0.2, -0.15) is 5.26 Å². The van der Waals surface area contributed by atoms with Crippen molar-refractivity contribution in [3.05, 3.63) is 23.3 Å². The van der Waals surface area contributed by atoms with Crippen LogP contribution in [0.15, 0.2) is 12.1 Å². The predicted molar refractivity (Wildman–Crippen MR) is 89.1 cm³/mol. The lowest BCUT2D eigenvalue weighted by atomic mass is 9.86. The number of ether oxygens (including phenoxy) is 2. The first-order valence-corrected chi connectivity index (χ1v) is 8.74. The van der Waals surface area contributed by atoms with E-state index in [0.717, 1.165) is 42.0 Å². The maximum Gasteiger partial charge on any atom is 0.165 e. The molecule has 2 fully saturated rings. The zero-order chi connectivity index (χ0) is 17.1. The van der Waals surface area contributed by atoms with Gasteiger partial charge in [-0.15, -0.1) is 0 Å². The number of nitriles is 1. The van der Waals surface area contributed by atoms with E-state index in [9.17, 15) is 10.4 Å². The van der Waals surface area contributed by atoms with Crippen molar-refractivity contribution in [3.8, 4) is 17.6 Å². The molecule has 0 saturated heterocycles. The molecule has 2 aliphatic carbocycles.